The number of nitrogens with one attached hydrogen (secondary N) is 1. The molecular weight excluding hydrogens is 330 g/mol. The summed E-state index contributed by atoms with van der Waals surface area (Å²) in [4.78, 5) is 12.0. The minimum atomic E-state index is -0.536. The number of benzene rings is 2. The van der Waals surface area contributed by atoms with Crippen molar-refractivity contribution in [3.63, 3.8) is 0 Å². The lowest BCUT2D eigenvalue weighted by atomic mass is 10.2. The van der Waals surface area contributed by atoms with E-state index >= 15 is 0 Å². The fourth-order valence-electron chi connectivity index (χ4n) is 1.54. The molecule has 22 heavy (non-hydrogen) atoms. The highest BCUT2D eigenvalue weighted by Gasteiger charge is 2.06. The molecule has 0 saturated heterocycles. The molecule has 2 rings (SSSR count). The molecule has 1 N–H and O–H groups in total. The van der Waals surface area contributed by atoms with Gasteiger partial charge in [-0.25, -0.2) is 14.2 Å². The van der Waals surface area contributed by atoms with Crippen LogP contribution in [-0.4, -0.2) is 17.9 Å². The molecule has 2 aromatic rings. The minimum absolute atomic E-state index is 0.0106. The number of hydrogen-bond donors (Lipinski definition) is 1. The molecule has 0 unspecified atom stereocenters. The number of nitrogens with zero attached hydrogens (tertiary/aromatic N) is 1. The van der Waals surface area contributed by atoms with E-state index in [2.05, 4.69) is 10.5 Å². The van der Waals surface area contributed by atoms with Crippen LogP contribution in [0.2, 0.25) is 5.02 Å². The van der Waals surface area contributed by atoms with E-state index in [1.165, 1.54) is 24.3 Å². The van der Waals surface area contributed by atoms with Gasteiger partial charge in [-0.1, -0.05) is 29.8 Å². The van der Waals surface area contributed by atoms with Crippen molar-refractivity contribution in [2.45, 2.75) is 4.90 Å². The Kier molecular flexibility index (Phi) is 5.91. The molecule has 0 spiro atoms. The van der Waals surface area contributed by atoms with Crippen LogP contribution in [0.15, 0.2) is 52.5 Å². The Balaban J connectivity index is 1.88. The monoisotopic (exact) mass is 340 g/mol. The lowest BCUT2D eigenvalue weighted by Gasteiger charge is -2.02. The Morgan fingerprint density at radius 3 is 2.64 bits per heavy atom. The number of hydrazone groups is 1. The van der Waals surface area contributed by atoms with Crippen LogP contribution in [0.5, 0.6) is 0 Å². The molecule has 0 aromatic heterocycles. The van der Waals surface area contributed by atoms with Crippen molar-refractivity contribution in [1.82, 2.24) is 5.43 Å². The Bertz CT molecular complexity index is 689. The van der Waals surface area contributed by atoms with E-state index in [1.54, 1.807) is 18.2 Å². The molecule has 0 aliphatic rings. The number of hydrogen-bond acceptors (Lipinski definition) is 3. The van der Waals surface area contributed by atoms with Gasteiger partial charge >= 0.3 is 0 Å². The Hall–Kier alpha value is -1.92. The molecule has 0 radical (unpaired) electrons. The molecule has 0 fully saturated rings. The van der Waals surface area contributed by atoms with Gasteiger partial charge in [-0.05, 0) is 24.3 Å². The van der Waals surface area contributed by atoms with Gasteiger partial charge in [0.1, 0.15) is 11.6 Å². The topological polar surface area (TPSA) is 41.5 Å². The van der Waals surface area contributed by atoms with E-state index < -0.39 is 11.7 Å². The van der Waals surface area contributed by atoms with Gasteiger partial charge < -0.3 is 0 Å². The second-order valence-electron chi connectivity index (χ2n) is 4.15. The Morgan fingerprint density at radius 2 is 1.91 bits per heavy atom. The van der Waals surface area contributed by atoms with Crippen LogP contribution in [0.3, 0.4) is 0 Å². The average Bonchev–Trinajstić information content (AvgIpc) is 2.49. The van der Waals surface area contributed by atoms with Crippen molar-refractivity contribution >= 4 is 35.5 Å². The first kappa shape index (κ1) is 16.5. The van der Waals surface area contributed by atoms with Crippen molar-refractivity contribution in [2.24, 2.45) is 5.10 Å². The molecule has 114 valence electrons. The molecular formula is C15H11ClF2N2OS. The standard InChI is InChI=1S/C15H11ClF2N2OS/c16-11-4-3-6-12(17)10(11)8-19-20-15(21)9-22-14-7-2-1-5-13(14)18/h1-8H,9H2,(H,20,21)/b19-8-. The third-order valence-corrected chi connectivity index (χ3v) is 3.96. The summed E-state index contributed by atoms with van der Waals surface area (Å²) in [6, 6.07) is 10.4. The van der Waals surface area contributed by atoms with E-state index in [-0.39, 0.29) is 22.2 Å². The molecule has 0 aliphatic carbocycles. The first-order valence-corrected chi connectivity index (χ1v) is 7.57. The predicted molar refractivity (Wildman–Crippen MR) is 84.3 cm³/mol. The molecule has 3 nitrogen and oxygen atoms in total. The Morgan fingerprint density at radius 1 is 1.18 bits per heavy atom. The molecule has 0 atom stereocenters. The van der Waals surface area contributed by atoms with Gasteiger partial charge in [0.2, 0.25) is 5.91 Å². The van der Waals surface area contributed by atoms with Crippen molar-refractivity contribution in [2.75, 3.05) is 5.75 Å². The van der Waals surface area contributed by atoms with Gasteiger partial charge in [0, 0.05) is 10.5 Å². The van der Waals surface area contributed by atoms with E-state index in [0.717, 1.165) is 18.0 Å². The zero-order chi connectivity index (χ0) is 15.9. The summed E-state index contributed by atoms with van der Waals surface area (Å²) in [5.74, 6) is -1.37. The Labute approximate surface area is 135 Å². The minimum Gasteiger partial charge on any atom is -0.272 e. The fraction of sp³-hybridized carbons (Fsp3) is 0.0667. The smallest absolute Gasteiger partial charge is 0.250 e. The first-order chi connectivity index (χ1) is 10.6. The van der Waals surface area contributed by atoms with Crippen LogP contribution >= 0.6 is 23.4 Å². The van der Waals surface area contributed by atoms with Gasteiger partial charge in [0.15, 0.2) is 0 Å². The predicted octanol–water partition coefficient (Wildman–Crippen LogP) is 3.86. The maximum Gasteiger partial charge on any atom is 0.250 e. The summed E-state index contributed by atoms with van der Waals surface area (Å²) in [5.41, 5.74) is 2.33. The van der Waals surface area contributed by atoms with E-state index in [9.17, 15) is 13.6 Å². The van der Waals surface area contributed by atoms with E-state index in [0.29, 0.717) is 4.90 Å². The maximum absolute atomic E-state index is 13.5. The molecule has 0 bridgehead atoms. The number of carbonyl (C=O) groups is 1. The normalized spacial score (nSPS) is 10.9. The van der Waals surface area contributed by atoms with Crippen molar-refractivity contribution < 1.29 is 13.6 Å². The van der Waals surface area contributed by atoms with Gasteiger partial charge in [-0.3, -0.25) is 4.79 Å². The largest absolute Gasteiger partial charge is 0.272 e. The van der Waals surface area contributed by atoms with Gasteiger partial charge in [0.05, 0.1) is 17.0 Å². The quantitative estimate of drug-likeness (QED) is 0.510. The molecule has 0 heterocycles. The van der Waals surface area contributed by atoms with Crippen molar-refractivity contribution in [3.05, 3.63) is 64.7 Å². The lowest BCUT2D eigenvalue weighted by molar-refractivity contribution is -0.118. The number of carbonyl (C=O) groups excluding carboxylic acids is 1. The van der Waals surface area contributed by atoms with E-state index in [1.807, 2.05) is 0 Å². The fourth-order valence-corrected chi connectivity index (χ4v) is 2.48. The first-order valence-electron chi connectivity index (χ1n) is 6.21. The highest BCUT2D eigenvalue weighted by atomic mass is 35.5. The van der Waals surface area contributed by atoms with Gasteiger partial charge in [-0.2, -0.15) is 5.10 Å². The summed E-state index contributed by atoms with van der Waals surface area (Å²) >= 11 is 6.86. The van der Waals surface area contributed by atoms with Crippen LogP contribution < -0.4 is 5.43 Å². The third kappa shape index (κ3) is 4.54. The molecule has 1 amide bonds. The van der Waals surface area contributed by atoms with Crippen LogP contribution in [0.4, 0.5) is 8.78 Å². The number of halogens is 3. The van der Waals surface area contributed by atoms with Crippen molar-refractivity contribution in [1.29, 1.82) is 0 Å². The highest BCUT2D eigenvalue weighted by molar-refractivity contribution is 8.00. The second kappa shape index (κ2) is 7.91. The van der Waals surface area contributed by atoms with Crippen LogP contribution in [0.1, 0.15) is 5.56 Å². The van der Waals surface area contributed by atoms with Crippen molar-refractivity contribution in [3.8, 4) is 0 Å². The third-order valence-electron chi connectivity index (χ3n) is 2.58. The number of thioether (sulfide) groups is 1. The lowest BCUT2D eigenvalue weighted by Crippen LogP contribution is -2.19. The molecule has 7 heteroatoms. The average molecular weight is 341 g/mol. The van der Waals surface area contributed by atoms with E-state index in [4.69, 9.17) is 11.6 Å². The summed E-state index contributed by atoms with van der Waals surface area (Å²) in [5, 5.41) is 3.84. The van der Waals surface area contributed by atoms with Crippen LogP contribution in [0.25, 0.3) is 0 Å². The number of rotatable bonds is 5. The molecule has 0 aliphatic heterocycles. The summed E-state index contributed by atoms with van der Waals surface area (Å²) in [7, 11) is 0. The van der Waals surface area contributed by atoms with Gasteiger partial charge in [-0.15, -0.1) is 11.8 Å². The zero-order valence-corrected chi connectivity index (χ0v) is 12.8. The van der Waals surface area contributed by atoms with Crippen LogP contribution in [-0.2, 0) is 4.79 Å². The maximum atomic E-state index is 13.5. The zero-order valence-electron chi connectivity index (χ0n) is 11.2. The van der Waals surface area contributed by atoms with Crippen LogP contribution in [0, 0.1) is 11.6 Å². The summed E-state index contributed by atoms with van der Waals surface area (Å²) in [6.45, 7) is 0. The SMILES string of the molecule is O=C(CSc1ccccc1F)N/N=C\c1c(F)cccc1Cl. The number of amides is 1. The highest BCUT2D eigenvalue weighted by Crippen LogP contribution is 2.20. The molecule has 2 aromatic carbocycles. The molecule has 0 saturated carbocycles. The summed E-state index contributed by atoms with van der Waals surface area (Å²) in [6.07, 6.45) is 1.13. The summed E-state index contributed by atoms with van der Waals surface area (Å²) < 4.78 is 26.8. The second-order valence-corrected chi connectivity index (χ2v) is 5.57. The van der Waals surface area contributed by atoms with Gasteiger partial charge in [0.25, 0.3) is 0 Å².